The number of nitrogens with one attached hydrogen (secondary N) is 2. The Labute approximate surface area is 139 Å². The molecule has 0 unspecified atom stereocenters. The molecule has 2 amide bonds. The molecule has 6 heteroatoms. The largest absolute Gasteiger partial charge is 0.482 e. The van der Waals surface area contributed by atoms with E-state index in [1.165, 1.54) is 0 Å². The Morgan fingerprint density at radius 2 is 2.17 bits per heavy atom. The number of anilines is 1. The zero-order valence-electron chi connectivity index (χ0n) is 13.0. The second-order valence-electron chi connectivity index (χ2n) is 5.48. The first-order valence-electron chi connectivity index (χ1n) is 7.44. The van der Waals surface area contributed by atoms with E-state index in [4.69, 9.17) is 10.00 Å². The van der Waals surface area contributed by atoms with Crippen molar-refractivity contribution < 1.29 is 14.3 Å². The molecule has 2 aromatic carbocycles. The van der Waals surface area contributed by atoms with Gasteiger partial charge in [0.15, 0.2) is 6.61 Å². The smallest absolute Gasteiger partial charge is 0.262 e. The van der Waals surface area contributed by atoms with Crippen LogP contribution in [-0.2, 0) is 4.79 Å². The van der Waals surface area contributed by atoms with Crippen molar-refractivity contribution >= 4 is 17.5 Å². The number of carbonyl (C=O) groups is 2. The summed E-state index contributed by atoms with van der Waals surface area (Å²) in [5.74, 6) is 0.140. The molecule has 3 rings (SSSR count). The van der Waals surface area contributed by atoms with Crippen molar-refractivity contribution in [1.82, 2.24) is 5.32 Å². The predicted molar refractivity (Wildman–Crippen MR) is 87.6 cm³/mol. The number of hydrogen-bond acceptors (Lipinski definition) is 4. The molecule has 0 fully saturated rings. The Bertz CT molecular complexity index is 855. The Balaban J connectivity index is 1.76. The summed E-state index contributed by atoms with van der Waals surface area (Å²) in [4.78, 5) is 23.7. The molecule has 0 saturated heterocycles. The Morgan fingerprint density at radius 1 is 1.33 bits per heavy atom. The van der Waals surface area contributed by atoms with Crippen molar-refractivity contribution in [1.29, 1.82) is 5.26 Å². The number of fused-ring (bicyclic) bond motifs is 1. The van der Waals surface area contributed by atoms with Crippen LogP contribution in [0.15, 0.2) is 42.5 Å². The summed E-state index contributed by atoms with van der Waals surface area (Å²) in [6, 6.07) is 13.6. The van der Waals surface area contributed by atoms with Gasteiger partial charge in [0, 0.05) is 5.56 Å². The van der Waals surface area contributed by atoms with Crippen LogP contribution < -0.4 is 15.4 Å². The lowest BCUT2D eigenvalue weighted by molar-refractivity contribution is -0.118. The van der Waals surface area contributed by atoms with E-state index in [-0.39, 0.29) is 24.5 Å². The van der Waals surface area contributed by atoms with Gasteiger partial charge in [-0.15, -0.1) is 0 Å². The van der Waals surface area contributed by atoms with E-state index in [1.54, 1.807) is 36.4 Å². The summed E-state index contributed by atoms with van der Waals surface area (Å²) >= 11 is 0. The van der Waals surface area contributed by atoms with Gasteiger partial charge in [0.25, 0.3) is 11.8 Å². The molecular formula is C18H15N3O3. The highest BCUT2D eigenvalue weighted by Crippen LogP contribution is 2.30. The molecule has 0 aliphatic carbocycles. The molecule has 0 spiro atoms. The van der Waals surface area contributed by atoms with Gasteiger partial charge in [-0.1, -0.05) is 12.1 Å². The number of hydrogen-bond donors (Lipinski definition) is 2. The highest BCUT2D eigenvalue weighted by atomic mass is 16.5. The molecule has 24 heavy (non-hydrogen) atoms. The van der Waals surface area contributed by atoms with Gasteiger partial charge < -0.3 is 15.4 Å². The average molecular weight is 321 g/mol. The second-order valence-corrected chi connectivity index (χ2v) is 5.48. The Hall–Kier alpha value is -3.33. The zero-order chi connectivity index (χ0) is 17.1. The fraction of sp³-hybridized carbons (Fsp3) is 0.167. The van der Waals surface area contributed by atoms with Crippen molar-refractivity contribution in [2.75, 3.05) is 11.9 Å². The van der Waals surface area contributed by atoms with E-state index < -0.39 is 0 Å². The molecular weight excluding hydrogens is 306 g/mol. The van der Waals surface area contributed by atoms with E-state index in [9.17, 15) is 9.59 Å². The summed E-state index contributed by atoms with van der Waals surface area (Å²) in [5.41, 5.74) is 2.29. The third kappa shape index (κ3) is 3.20. The van der Waals surface area contributed by atoms with Crippen molar-refractivity contribution in [3.8, 4) is 11.8 Å². The Kier molecular flexibility index (Phi) is 4.17. The van der Waals surface area contributed by atoms with Gasteiger partial charge in [0.1, 0.15) is 5.75 Å². The summed E-state index contributed by atoms with van der Waals surface area (Å²) < 4.78 is 5.32. The van der Waals surface area contributed by atoms with Gasteiger partial charge >= 0.3 is 0 Å². The molecule has 6 nitrogen and oxygen atoms in total. The van der Waals surface area contributed by atoms with Gasteiger partial charge in [0.2, 0.25) is 0 Å². The minimum atomic E-state index is -0.271. The van der Waals surface area contributed by atoms with Crippen LogP contribution in [0.2, 0.25) is 0 Å². The summed E-state index contributed by atoms with van der Waals surface area (Å²) in [5, 5.41) is 14.5. The van der Waals surface area contributed by atoms with Gasteiger partial charge in [0.05, 0.1) is 23.4 Å². The number of ether oxygens (including phenoxy) is 1. The maximum atomic E-state index is 12.3. The minimum absolute atomic E-state index is 0.00781. The number of nitrogens with zero attached hydrogens (tertiary/aromatic N) is 1. The number of amides is 2. The number of carbonyl (C=O) groups excluding carboxylic acids is 2. The molecule has 1 atom stereocenters. The fourth-order valence-corrected chi connectivity index (χ4v) is 2.46. The van der Waals surface area contributed by atoms with Crippen LogP contribution in [0.25, 0.3) is 0 Å². The molecule has 0 radical (unpaired) electrons. The lowest BCUT2D eigenvalue weighted by Crippen LogP contribution is -2.28. The van der Waals surface area contributed by atoms with Crippen LogP contribution >= 0.6 is 0 Å². The van der Waals surface area contributed by atoms with Crippen LogP contribution in [0.3, 0.4) is 0 Å². The molecule has 2 aromatic rings. The lowest BCUT2D eigenvalue weighted by atomic mass is 10.1. The third-order valence-corrected chi connectivity index (χ3v) is 3.74. The minimum Gasteiger partial charge on any atom is -0.482 e. The first-order chi connectivity index (χ1) is 11.6. The van der Waals surface area contributed by atoms with Crippen LogP contribution in [0.1, 0.15) is 34.5 Å². The van der Waals surface area contributed by atoms with E-state index in [0.29, 0.717) is 22.6 Å². The molecule has 0 saturated carbocycles. The first-order valence-corrected chi connectivity index (χ1v) is 7.44. The molecule has 1 aliphatic rings. The molecule has 120 valence electrons. The van der Waals surface area contributed by atoms with Crippen LogP contribution in [0, 0.1) is 11.3 Å². The van der Waals surface area contributed by atoms with Gasteiger partial charge in [-0.3, -0.25) is 9.59 Å². The van der Waals surface area contributed by atoms with E-state index >= 15 is 0 Å². The van der Waals surface area contributed by atoms with Crippen LogP contribution in [0.4, 0.5) is 5.69 Å². The highest BCUT2D eigenvalue weighted by Gasteiger charge is 2.18. The highest BCUT2D eigenvalue weighted by molar-refractivity contribution is 5.96. The van der Waals surface area contributed by atoms with E-state index in [0.717, 1.165) is 5.56 Å². The summed E-state index contributed by atoms with van der Waals surface area (Å²) in [7, 11) is 0. The number of rotatable bonds is 3. The lowest BCUT2D eigenvalue weighted by Gasteiger charge is -2.21. The second kappa shape index (κ2) is 6.42. The third-order valence-electron chi connectivity index (χ3n) is 3.74. The van der Waals surface area contributed by atoms with Gasteiger partial charge in [-0.05, 0) is 42.8 Å². The number of nitriles is 1. The summed E-state index contributed by atoms with van der Waals surface area (Å²) in [6.45, 7) is 1.85. The topological polar surface area (TPSA) is 91.2 Å². The molecule has 0 bridgehead atoms. The quantitative estimate of drug-likeness (QED) is 0.908. The SMILES string of the molecule is C[C@H](NC(=O)c1cccc(C#N)c1)c1ccc2c(c1)NC(=O)CO2. The molecule has 1 aliphatic heterocycles. The van der Waals surface area contributed by atoms with Crippen molar-refractivity contribution in [2.24, 2.45) is 0 Å². The van der Waals surface area contributed by atoms with Crippen molar-refractivity contribution in [3.63, 3.8) is 0 Å². The van der Waals surface area contributed by atoms with E-state index in [2.05, 4.69) is 10.6 Å². The average Bonchev–Trinajstić information content (AvgIpc) is 2.61. The number of benzene rings is 2. The standard InChI is InChI=1S/C18H15N3O3/c1-11(20-18(23)14-4-2-3-12(7-14)9-19)13-5-6-16-15(8-13)21-17(22)10-24-16/h2-8,11H,10H2,1H3,(H,20,23)(H,21,22)/t11-/m0/s1. The Morgan fingerprint density at radius 3 is 2.96 bits per heavy atom. The van der Waals surface area contributed by atoms with Crippen LogP contribution in [0.5, 0.6) is 5.75 Å². The maximum Gasteiger partial charge on any atom is 0.262 e. The van der Waals surface area contributed by atoms with Crippen molar-refractivity contribution in [3.05, 3.63) is 59.2 Å². The monoisotopic (exact) mass is 321 g/mol. The van der Waals surface area contributed by atoms with Gasteiger partial charge in [-0.2, -0.15) is 5.26 Å². The normalized spacial score (nSPS) is 13.8. The van der Waals surface area contributed by atoms with Crippen LogP contribution in [-0.4, -0.2) is 18.4 Å². The molecule has 1 heterocycles. The maximum absolute atomic E-state index is 12.3. The summed E-state index contributed by atoms with van der Waals surface area (Å²) in [6.07, 6.45) is 0. The zero-order valence-corrected chi connectivity index (χ0v) is 13.0. The molecule has 2 N–H and O–H groups in total. The van der Waals surface area contributed by atoms with Gasteiger partial charge in [-0.25, -0.2) is 0 Å². The predicted octanol–water partition coefficient (Wildman–Crippen LogP) is 2.38. The fourth-order valence-electron chi connectivity index (χ4n) is 2.46. The molecule has 0 aromatic heterocycles. The van der Waals surface area contributed by atoms with E-state index in [1.807, 2.05) is 19.1 Å². The van der Waals surface area contributed by atoms with Crippen molar-refractivity contribution in [2.45, 2.75) is 13.0 Å². The first kappa shape index (κ1) is 15.6.